The van der Waals surface area contributed by atoms with Crippen molar-refractivity contribution in [2.24, 2.45) is 0 Å². The summed E-state index contributed by atoms with van der Waals surface area (Å²) in [5.74, 6) is -8.43. The van der Waals surface area contributed by atoms with Crippen LogP contribution in [0, 0.1) is 0 Å². The molecular weight excluding hydrogens is 409 g/mol. The molecule has 0 aliphatic carbocycles. The van der Waals surface area contributed by atoms with E-state index >= 15 is 0 Å². The number of alkyl halides is 5. The van der Waals surface area contributed by atoms with E-state index in [-0.39, 0.29) is 19.2 Å². The van der Waals surface area contributed by atoms with E-state index in [9.17, 15) is 44.5 Å². The molecule has 0 bridgehead atoms. The molecule has 14 heteroatoms. The van der Waals surface area contributed by atoms with Gasteiger partial charge in [-0.15, -0.1) is 0 Å². The fraction of sp³-hybridized carbons (Fsp3) is 0.692. The maximum absolute atomic E-state index is 13.6. The third-order valence-corrected chi connectivity index (χ3v) is 4.37. The summed E-state index contributed by atoms with van der Waals surface area (Å²) in [6.07, 6.45) is -4.48. The number of rotatable bonds is 7. The highest BCUT2D eigenvalue weighted by Gasteiger charge is 2.68. The predicted octanol–water partition coefficient (Wildman–Crippen LogP) is 1.14. The number of amides is 1. The van der Waals surface area contributed by atoms with Crippen molar-refractivity contribution >= 4 is 22.0 Å². The largest absolute Gasteiger partial charge is 0.743 e. The molecule has 0 aromatic rings. The first-order chi connectivity index (χ1) is 12.2. The maximum Gasteiger partial charge on any atom is 0.466 e. The Morgan fingerprint density at radius 1 is 1.11 bits per heavy atom. The Hall–Kier alpha value is -1.80. The van der Waals surface area contributed by atoms with Gasteiger partial charge in [0.2, 0.25) is 0 Å². The van der Waals surface area contributed by atoms with Crippen LogP contribution < -0.4 is 0 Å². The Morgan fingerprint density at radius 2 is 1.63 bits per heavy atom. The van der Waals surface area contributed by atoms with E-state index in [1.807, 2.05) is 0 Å². The van der Waals surface area contributed by atoms with Crippen molar-refractivity contribution in [2.75, 3.05) is 19.7 Å². The smallest absolute Gasteiger partial charge is 0.466 e. The highest BCUT2D eigenvalue weighted by atomic mass is 32.2. The summed E-state index contributed by atoms with van der Waals surface area (Å²) in [5, 5.41) is -5.31. The highest BCUT2D eigenvalue weighted by molar-refractivity contribution is 7.86. The number of ether oxygens (including phenoxy) is 2. The molecule has 1 atom stereocenters. The average Bonchev–Trinajstić information content (AvgIpc) is 2.56. The van der Waals surface area contributed by atoms with Crippen LogP contribution in [0.15, 0.2) is 12.7 Å². The van der Waals surface area contributed by atoms with Gasteiger partial charge in [-0.2, -0.15) is 22.0 Å². The van der Waals surface area contributed by atoms with Gasteiger partial charge in [-0.05, 0) is 19.3 Å². The van der Waals surface area contributed by atoms with Crippen molar-refractivity contribution in [2.45, 2.75) is 36.5 Å². The molecule has 8 nitrogen and oxygen atoms in total. The fourth-order valence-electron chi connectivity index (χ4n) is 2.14. The van der Waals surface area contributed by atoms with Gasteiger partial charge >= 0.3 is 29.1 Å². The summed E-state index contributed by atoms with van der Waals surface area (Å²) in [4.78, 5) is 24.3. The predicted molar refractivity (Wildman–Crippen MR) is 76.1 cm³/mol. The van der Waals surface area contributed by atoms with Crippen LogP contribution in [0.25, 0.3) is 0 Å². The van der Waals surface area contributed by atoms with E-state index in [0.29, 0.717) is 24.2 Å². The molecule has 1 amide bonds. The molecule has 156 valence electrons. The lowest BCUT2D eigenvalue weighted by atomic mass is 10.1. The van der Waals surface area contributed by atoms with Gasteiger partial charge < -0.3 is 18.9 Å². The number of piperidine rings is 1. The summed E-state index contributed by atoms with van der Waals surface area (Å²) in [6.45, 7) is -0.247. The SMILES string of the molecule is C=CC(=O)OC(OCC(F)(F)S(=O)(=O)[O-])(C(=O)N1CCCCC1)C(F)(F)F. The molecule has 1 fully saturated rings. The minimum atomic E-state index is -6.42. The Labute approximate surface area is 150 Å². The number of nitrogens with zero attached hydrogens (tertiary/aromatic N) is 1. The van der Waals surface area contributed by atoms with Crippen LogP contribution in [0.5, 0.6) is 0 Å². The molecular formula is C13H15F5NO7S-. The summed E-state index contributed by atoms with van der Waals surface area (Å²) >= 11 is 0. The quantitative estimate of drug-likeness (QED) is 0.198. The average molecular weight is 424 g/mol. The Balaban J connectivity index is 3.36. The molecule has 0 spiro atoms. The number of esters is 1. The van der Waals surface area contributed by atoms with Crippen LogP contribution in [0.2, 0.25) is 0 Å². The monoisotopic (exact) mass is 424 g/mol. The third-order valence-electron chi connectivity index (χ3n) is 3.52. The van der Waals surface area contributed by atoms with E-state index in [1.54, 1.807) is 0 Å². The molecule has 1 unspecified atom stereocenters. The summed E-state index contributed by atoms with van der Waals surface area (Å²) in [5.41, 5.74) is 0. The minimum absolute atomic E-state index is 0.206. The lowest BCUT2D eigenvalue weighted by Gasteiger charge is -2.38. The van der Waals surface area contributed by atoms with Crippen LogP contribution in [0.1, 0.15) is 19.3 Å². The van der Waals surface area contributed by atoms with Crippen molar-refractivity contribution in [1.82, 2.24) is 4.90 Å². The minimum Gasteiger partial charge on any atom is -0.743 e. The van der Waals surface area contributed by atoms with Gasteiger partial charge in [0.15, 0.2) is 10.1 Å². The molecule has 27 heavy (non-hydrogen) atoms. The Morgan fingerprint density at radius 3 is 2.04 bits per heavy atom. The molecule has 0 aromatic heterocycles. The molecule has 0 saturated carbocycles. The second-order valence-electron chi connectivity index (χ2n) is 5.47. The lowest BCUT2D eigenvalue weighted by Crippen LogP contribution is -2.63. The molecule has 0 aromatic carbocycles. The van der Waals surface area contributed by atoms with Gasteiger partial charge in [0, 0.05) is 19.2 Å². The van der Waals surface area contributed by atoms with E-state index < -0.39 is 45.8 Å². The summed E-state index contributed by atoms with van der Waals surface area (Å²) < 4.78 is 107. The lowest BCUT2D eigenvalue weighted by molar-refractivity contribution is -0.355. The topological polar surface area (TPSA) is 113 Å². The third kappa shape index (κ3) is 5.13. The van der Waals surface area contributed by atoms with Gasteiger partial charge in [0.1, 0.15) is 6.61 Å². The van der Waals surface area contributed by atoms with Crippen molar-refractivity contribution in [3.63, 3.8) is 0 Å². The number of carbonyl (C=O) groups excluding carboxylic acids is 2. The first kappa shape index (κ1) is 23.2. The summed E-state index contributed by atoms with van der Waals surface area (Å²) in [7, 11) is -6.42. The van der Waals surface area contributed by atoms with Gasteiger partial charge in [-0.3, -0.25) is 4.79 Å². The first-order valence-electron chi connectivity index (χ1n) is 7.36. The summed E-state index contributed by atoms with van der Waals surface area (Å²) in [6, 6.07) is 0. The molecule has 0 N–H and O–H groups in total. The number of hydrogen-bond acceptors (Lipinski definition) is 7. The molecule has 1 heterocycles. The number of likely N-dealkylation sites (tertiary alicyclic amines) is 1. The zero-order chi connectivity index (χ0) is 21.1. The first-order valence-corrected chi connectivity index (χ1v) is 8.77. The van der Waals surface area contributed by atoms with Crippen LogP contribution in [-0.2, 0) is 29.2 Å². The second kappa shape index (κ2) is 8.06. The Kier molecular flexibility index (Phi) is 6.94. The normalized spacial score (nSPS) is 18.5. The molecule has 1 rings (SSSR count). The highest BCUT2D eigenvalue weighted by Crippen LogP contribution is 2.39. The van der Waals surface area contributed by atoms with Gasteiger partial charge in [-0.25, -0.2) is 13.2 Å². The fourth-order valence-corrected chi connectivity index (χ4v) is 2.35. The van der Waals surface area contributed by atoms with E-state index in [4.69, 9.17) is 0 Å². The van der Waals surface area contributed by atoms with E-state index in [2.05, 4.69) is 16.1 Å². The maximum atomic E-state index is 13.6. The van der Waals surface area contributed by atoms with E-state index in [1.165, 1.54) is 0 Å². The van der Waals surface area contributed by atoms with Crippen LogP contribution in [0.3, 0.4) is 0 Å². The van der Waals surface area contributed by atoms with Crippen molar-refractivity contribution < 1.29 is 54.0 Å². The number of hydrogen-bond donors (Lipinski definition) is 0. The van der Waals surface area contributed by atoms with Crippen LogP contribution in [0.4, 0.5) is 22.0 Å². The van der Waals surface area contributed by atoms with Crippen LogP contribution in [-0.4, -0.2) is 66.7 Å². The number of halogens is 5. The van der Waals surface area contributed by atoms with Crippen molar-refractivity contribution in [3.05, 3.63) is 12.7 Å². The standard InChI is InChI=1S/C13H16F5NO7S/c1-2-9(20)26-12(13(16,17)18,10(21)19-6-4-3-5-7-19)25-8-11(14,15)27(22,23)24/h2H,1,3-8H2,(H,22,23,24)/p-1. The molecule has 1 aliphatic rings. The van der Waals surface area contributed by atoms with E-state index in [0.717, 1.165) is 0 Å². The molecule has 1 saturated heterocycles. The van der Waals surface area contributed by atoms with Gasteiger partial charge in [-0.1, -0.05) is 6.58 Å². The molecule has 1 aliphatic heterocycles. The van der Waals surface area contributed by atoms with Crippen molar-refractivity contribution in [1.29, 1.82) is 0 Å². The van der Waals surface area contributed by atoms with Crippen LogP contribution >= 0.6 is 0 Å². The Bertz CT molecular complexity index is 688. The second-order valence-corrected chi connectivity index (χ2v) is 6.98. The zero-order valence-corrected chi connectivity index (χ0v) is 14.4. The number of carbonyl (C=O) groups is 2. The van der Waals surface area contributed by atoms with Gasteiger partial charge in [0.25, 0.3) is 0 Å². The zero-order valence-electron chi connectivity index (χ0n) is 13.6. The van der Waals surface area contributed by atoms with Gasteiger partial charge in [0.05, 0.1) is 0 Å². The van der Waals surface area contributed by atoms with Crippen molar-refractivity contribution in [3.8, 4) is 0 Å². The molecule has 0 radical (unpaired) electrons.